The Balaban J connectivity index is 2.19. The highest BCUT2D eigenvalue weighted by Gasteiger charge is 2.14. The van der Waals surface area contributed by atoms with Crippen LogP contribution in [0.5, 0.6) is 0 Å². The highest BCUT2D eigenvalue weighted by molar-refractivity contribution is 7.90. The number of hydrogen-bond donors (Lipinski definition) is 0. The molecule has 0 fully saturated rings. The summed E-state index contributed by atoms with van der Waals surface area (Å²) in [5.41, 5.74) is 0.955. The van der Waals surface area contributed by atoms with Crippen molar-refractivity contribution in [2.75, 3.05) is 13.7 Å². The predicted molar refractivity (Wildman–Crippen MR) is 90.9 cm³/mol. The first-order chi connectivity index (χ1) is 11.1. The van der Waals surface area contributed by atoms with E-state index in [1.54, 1.807) is 37.4 Å². The van der Waals surface area contributed by atoms with Crippen LogP contribution >= 0.6 is 11.3 Å². The van der Waals surface area contributed by atoms with E-state index in [1.165, 1.54) is 11.3 Å². The lowest BCUT2D eigenvalue weighted by Crippen LogP contribution is -2.19. The molecule has 3 rings (SSSR count). The van der Waals surface area contributed by atoms with Gasteiger partial charge in [-0.2, -0.15) is 8.42 Å². The van der Waals surface area contributed by atoms with Crippen LogP contribution in [0.25, 0.3) is 10.2 Å². The maximum Gasteiger partial charge on any atom is 0.285 e. The van der Waals surface area contributed by atoms with E-state index < -0.39 is 10.0 Å². The highest BCUT2D eigenvalue weighted by Crippen LogP contribution is 2.18. The second kappa shape index (κ2) is 6.66. The maximum atomic E-state index is 12.5. The minimum absolute atomic E-state index is 0.191. The molecule has 0 amide bonds. The molecule has 0 aliphatic rings. The van der Waals surface area contributed by atoms with Crippen molar-refractivity contribution in [3.05, 3.63) is 59.4 Å². The van der Waals surface area contributed by atoms with E-state index in [-0.39, 0.29) is 4.90 Å². The largest absolute Gasteiger partial charge is 0.383 e. The number of methoxy groups -OCH3 is 1. The molecule has 0 bridgehead atoms. The molecule has 2 aromatic carbocycles. The van der Waals surface area contributed by atoms with Crippen LogP contribution in [0.2, 0.25) is 0 Å². The molecule has 3 aromatic rings. The summed E-state index contributed by atoms with van der Waals surface area (Å²) in [4.78, 5) is 0.642. The van der Waals surface area contributed by atoms with Crippen molar-refractivity contribution < 1.29 is 13.2 Å². The summed E-state index contributed by atoms with van der Waals surface area (Å²) in [6, 6.07) is 16.0. The van der Waals surface area contributed by atoms with Crippen molar-refractivity contribution >= 4 is 31.6 Å². The molecule has 0 N–H and O–H groups in total. The van der Waals surface area contributed by atoms with Gasteiger partial charge in [-0.1, -0.05) is 41.7 Å². The van der Waals surface area contributed by atoms with E-state index in [9.17, 15) is 8.42 Å². The first-order valence-corrected chi connectivity index (χ1v) is 9.31. The zero-order chi connectivity index (χ0) is 16.3. The van der Waals surface area contributed by atoms with E-state index in [0.29, 0.717) is 18.0 Å². The Labute approximate surface area is 138 Å². The van der Waals surface area contributed by atoms with Gasteiger partial charge in [-0.05, 0) is 24.3 Å². The Morgan fingerprint density at radius 1 is 1.09 bits per heavy atom. The molecule has 1 aromatic heterocycles. The van der Waals surface area contributed by atoms with Crippen molar-refractivity contribution in [1.82, 2.24) is 4.57 Å². The van der Waals surface area contributed by atoms with E-state index in [1.807, 2.05) is 28.8 Å². The molecule has 0 atom stereocenters. The van der Waals surface area contributed by atoms with Crippen LogP contribution in [-0.4, -0.2) is 26.7 Å². The van der Waals surface area contributed by atoms with Crippen LogP contribution in [0.4, 0.5) is 0 Å². The summed E-state index contributed by atoms with van der Waals surface area (Å²) >= 11 is 1.36. The zero-order valence-corrected chi connectivity index (χ0v) is 14.2. The van der Waals surface area contributed by atoms with Gasteiger partial charge in [-0.3, -0.25) is 0 Å². The number of aromatic nitrogens is 1. The maximum absolute atomic E-state index is 12.5. The molecule has 5 nitrogen and oxygen atoms in total. The zero-order valence-electron chi connectivity index (χ0n) is 12.5. The van der Waals surface area contributed by atoms with E-state index in [2.05, 4.69) is 4.40 Å². The normalized spacial score (nSPS) is 12.8. The minimum atomic E-state index is -3.73. The van der Waals surface area contributed by atoms with E-state index >= 15 is 0 Å². The molecular weight excluding hydrogens is 332 g/mol. The van der Waals surface area contributed by atoms with Gasteiger partial charge in [0.1, 0.15) is 0 Å². The number of rotatable bonds is 5. The van der Waals surface area contributed by atoms with Gasteiger partial charge in [0.2, 0.25) is 4.80 Å². The van der Waals surface area contributed by atoms with Crippen LogP contribution in [0.15, 0.2) is 63.9 Å². The molecule has 0 unspecified atom stereocenters. The number of hydrogen-bond acceptors (Lipinski definition) is 4. The average Bonchev–Trinajstić information content (AvgIpc) is 2.90. The number of sulfonamides is 1. The number of benzene rings is 2. The number of para-hydroxylation sites is 1. The summed E-state index contributed by atoms with van der Waals surface area (Å²) in [5, 5.41) is 0. The fourth-order valence-electron chi connectivity index (χ4n) is 2.24. The fourth-order valence-corrected chi connectivity index (χ4v) is 4.52. The Morgan fingerprint density at radius 3 is 2.52 bits per heavy atom. The molecular formula is C16H16N2O3S2. The van der Waals surface area contributed by atoms with Crippen molar-refractivity contribution in [3.8, 4) is 0 Å². The Hall–Kier alpha value is -1.96. The third-order valence-corrected chi connectivity index (χ3v) is 5.80. The lowest BCUT2D eigenvalue weighted by Gasteiger charge is -2.04. The quantitative estimate of drug-likeness (QED) is 0.712. The predicted octanol–water partition coefficient (Wildman–Crippen LogP) is 2.64. The van der Waals surface area contributed by atoms with Crippen molar-refractivity contribution in [2.24, 2.45) is 4.40 Å². The van der Waals surface area contributed by atoms with Crippen LogP contribution in [-0.2, 0) is 21.3 Å². The molecule has 0 saturated carbocycles. The second-order valence-corrected chi connectivity index (χ2v) is 7.49. The van der Waals surface area contributed by atoms with E-state index in [0.717, 1.165) is 10.2 Å². The number of ether oxygens (including phenoxy) is 1. The van der Waals surface area contributed by atoms with Gasteiger partial charge in [0.15, 0.2) is 0 Å². The smallest absolute Gasteiger partial charge is 0.285 e. The first kappa shape index (κ1) is 15.9. The number of fused-ring (bicyclic) bond motifs is 1. The molecule has 1 heterocycles. The van der Waals surface area contributed by atoms with Gasteiger partial charge in [-0.25, -0.2) is 0 Å². The van der Waals surface area contributed by atoms with Crippen molar-refractivity contribution in [1.29, 1.82) is 0 Å². The summed E-state index contributed by atoms with van der Waals surface area (Å²) in [7, 11) is -2.12. The highest BCUT2D eigenvalue weighted by atomic mass is 32.2. The van der Waals surface area contributed by atoms with Crippen molar-refractivity contribution in [3.63, 3.8) is 0 Å². The SMILES string of the molecule is COCCn1/c(=N/S(=O)(=O)c2ccccc2)sc2ccccc21. The molecule has 0 aliphatic carbocycles. The monoisotopic (exact) mass is 348 g/mol. The van der Waals surface area contributed by atoms with Gasteiger partial charge < -0.3 is 9.30 Å². The average molecular weight is 348 g/mol. The first-order valence-electron chi connectivity index (χ1n) is 7.05. The van der Waals surface area contributed by atoms with Gasteiger partial charge in [0, 0.05) is 13.7 Å². The molecule has 7 heteroatoms. The van der Waals surface area contributed by atoms with E-state index in [4.69, 9.17) is 4.74 Å². The molecule has 0 aliphatic heterocycles. The number of nitrogens with zero attached hydrogens (tertiary/aromatic N) is 2. The van der Waals surface area contributed by atoms with Crippen LogP contribution in [0.1, 0.15) is 0 Å². The summed E-state index contributed by atoms with van der Waals surface area (Å²) in [6.07, 6.45) is 0. The van der Waals surface area contributed by atoms with Crippen LogP contribution in [0, 0.1) is 0 Å². The molecule has 0 radical (unpaired) electrons. The summed E-state index contributed by atoms with van der Waals surface area (Å²) in [5.74, 6) is 0. The molecule has 23 heavy (non-hydrogen) atoms. The fraction of sp³-hybridized carbons (Fsp3) is 0.188. The summed E-state index contributed by atoms with van der Waals surface area (Å²) in [6.45, 7) is 1.03. The Bertz CT molecular complexity index is 973. The lowest BCUT2D eigenvalue weighted by molar-refractivity contribution is 0.187. The van der Waals surface area contributed by atoms with Crippen LogP contribution < -0.4 is 4.80 Å². The molecule has 120 valence electrons. The van der Waals surface area contributed by atoms with Gasteiger partial charge in [0.25, 0.3) is 10.0 Å². The van der Waals surface area contributed by atoms with Gasteiger partial charge in [0.05, 0.1) is 21.7 Å². The topological polar surface area (TPSA) is 60.7 Å². The van der Waals surface area contributed by atoms with Crippen LogP contribution in [0.3, 0.4) is 0 Å². The third kappa shape index (κ3) is 3.36. The Morgan fingerprint density at radius 2 is 1.78 bits per heavy atom. The van der Waals surface area contributed by atoms with Gasteiger partial charge in [-0.15, -0.1) is 4.40 Å². The minimum Gasteiger partial charge on any atom is -0.383 e. The summed E-state index contributed by atoms with van der Waals surface area (Å²) < 4.78 is 37.0. The molecule has 0 saturated heterocycles. The standard InChI is InChI=1S/C16H16N2O3S2/c1-21-12-11-18-14-9-5-6-10-15(14)22-16(18)17-23(19,20)13-7-3-2-4-8-13/h2-10H,11-12H2,1H3/b17-16-. The second-order valence-electron chi connectivity index (χ2n) is 4.88. The lowest BCUT2D eigenvalue weighted by atomic mass is 10.3. The Kier molecular flexibility index (Phi) is 4.61. The van der Waals surface area contributed by atoms with Gasteiger partial charge >= 0.3 is 0 Å². The molecule has 0 spiro atoms. The van der Waals surface area contributed by atoms with Crippen molar-refractivity contribution in [2.45, 2.75) is 11.4 Å². The third-order valence-electron chi connectivity index (χ3n) is 3.35. The number of thiazole rings is 1.